The fourth-order valence-electron chi connectivity index (χ4n) is 1.50. The normalized spacial score (nSPS) is 10.8. The Kier molecular flexibility index (Phi) is 5.60. The Balaban J connectivity index is 2.57. The molecule has 0 aliphatic rings. The number of rotatable bonds is 6. The molecule has 4 heteroatoms. The fraction of sp³-hybridized carbons (Fsp3) is 0.500. The molecular weight excluding hydrogens is 224 g/mol. The highest BCUT2D eigenvalue weighted by atomic mass is 35.5. The molecule has 0 spiro atoms. The Labute approximate surface area is 102 Å². The summed E-state index contributed by atoms with van der Waals surface area (Å²) >= 11 is 6.06. The van der Waals surface area contributed by atoms with Gasteiger partial charge in [0.2, 0.25) is 0 Å². The highest BCUT2D eigenvalue weighted by Crippen LogP contribution is 2.25. The SMILES string of the molecule is CNCCN(C)Cc1ccc(OC)c(Cl)c1. The third kappa shape index (κ3) is 4.00. The van der Waals surface area contributed by atoms with Crippen LogP contribution in [0.5, 0.6) is 5.75 Å². The van der Waals surface area contributed by atoms with Gasteiger partial charge in [-0.05, 0) is 31.8 Å². The van der Waals surface area contributed by atoms with Crippen molar-refractivity contribution < 1.29 is 4.74 Å². The molecule has 1 N–H and O–H groups in total. The van der Waals surface area contributed by atoms with Gasteiger partial charge in [-0.1, -0.05) is 17.7 Å². The van der Waals surface area contributed by atoms with Gasteiger partial charge in [-0.2, -0.15) is 0 Å². The van der Waals surface area contributed by atoms with Gasteiger partial charge in [0.25, 0.3) is 0 Å². The highest BCUT2D eigenvalue weighted by Gasteiger charge is 2.04. The van der Waals surface area contributed by atoms with Crippen LogP contribution in [-0.4, -0.2) is 39.2 Å². The summed E-state index contributed by atoms with van der Waals surface area (Å²) in [5.41, 5.74) is 1.20. The first-order chi connectivity index (χ1) is 7.67. The molecule has 1 aromatic carbocycles. The lowest BCUT2D eigenvalue weighted by molar-refractivity contribution is 0.328. The monoisotopic (exact) mass is 242 g/mol. The first-order valence-electron chi connectivity index (χ1n) is 5.33. The molecule has 0 heterocycles. The maximum absolute atomic E-state index is 6.06. The minimum atomic E-state index is 0.669. The minimum absolute atomic E-state index is 0.669. The summed E-state index contributed by atoms with van der Waals surface area (Å²) in [4.78, 5) is 2.24. The lowest BCUT2D eigenvalue weighted by atomic mass is 10.2. The van der Waals surface area contributed by atoms with E-state index in [1.54, 1.807) is 7.11 Å². The quantitative estimate of drug-likeness (QED) is 0.826. The average Bonchev–Trinajstić information content (AvgIpc) is 2.26. The summed E-state index contributed by atoms with van der Waals surface area (Å²) in [6, 6.07) is 5.90. The molecule has 0 saturated heterocycles. The summed E-state index contributed by atoms with van der Waals surface area (Å²) in [6.45, 7) is 2.89. The van der Waals surface area contributed by atoms with E-state index in [0.29, 0.717) is 5.02 Å². The first kappa shape index (κ1) is 13.3. The van der Waals surface area contributed by atoms with E-state index in [2.05, 4.69) is 17.3 Å². The molecule has 0 bridgehead atoms. The number of ether oxygens (including phenoxy) is 1. The van der Waals surface area contributed by atoms with E-state index < -0.39 is 0 Å². The molecular formula is C12H19ClN2O. The van der Waals surface area contributed by atoms with Gasteiger partial charge < -0.3 is 15.0 Å². The van der Waals surface area contributed by atoms with E-state index >= 15 is 0 Å². The molecule has 1 aromatic rings. The zero-order chi connectivity index (χ0) is 12.0. The number of halogens is 1. The number of methoxy groups -OCH3 is 1. The van der Waals surface area contributed by atoms with Gasteiger partial charge in [0.15, 0.2) is 0 Å². The number of benzene rings is 1. The molecule has 0 aliphatic heterocycles. The lowest BCUT2D eigenvalue weighted by Gasteiger charge is -2.16. The summed E-state index contributed by atoms with van der Waals surface area (Å²) in [6.07, 6.45) is 0. The number of hydrogen-bond donors (Lipinski definition) is 1. The van der Waals surface area contributed by atoms with Gasteiger partial charge in [0.1, 0.15) is 5.75 Å². The minimum Gasteiger partial charge on any atom is -0.495 e. The van der Waals surface area contributed by atoms with Crippen molar-refractivity contribution in [3.8, 4) is 5.75 Å². The molecule has 0 fully saturated rings. The molecule has 0 saturated carbocycles. The molecule has 0 unspecified atom stereocenters. The number of likely N-dealkylation sites (N-methyl/N-ethyl adjacent to an activating group) is 2. The van der Waals surface area contributed by atoms with Crippen LogP contribution in [0.15, 0.2) is 18.2 Å². The van der Waals surface area contributed by atoms with Crippen molar-refractivity contribution in [1.82, 2.24) is 10.2 Å². The van der Waals surface area contributed by atoms with Crippen LogP contribution >= 0.6 is 11.6 Å². The zero-order valence-corrected chi connectivity index (χ0v) is 10.8. The van der Waals surface area contributed by atoms with Crippen LogP contribution in [0.3, 0.4) is 0 Å². The Morgan fingerprint density at radius 3 is 2.75 bits per heavy atom. The molecule has 0 atom stereocenters. The van der Waals surface area contributed by atoms with Crippen LogP contribution in [0.2, 0.25) is 5.02 Å². The second kappa shape index (κ2) is 6.74. The van der Waals surface area contributed by atoms with E-state index in [1.165, 1.54) is 5.56 Å². The van der Waals surface area contributed by atoms with Crippen molar-refractivity contribution in [2.75, 3.05) is 34.3 Å². The van der Waals surface area contributed by atoms with Crippen molar-refractivity contribution in [2.45, 2.75) is 6.54 Å². The second-order valence-corrected chi connectivity index (χ2v) is 4.22. The zero-order valence-electron chi connectivity index (χ0n) is 10.1. The van der Waals surface area contributed by atoms with Crippen molar-refractivity contribution in [3.05, 3.63) is 28.8 Å². The largest absolute Gasteiger partial charge is 0.495 e. The van der Waals surface area contributed by atoms with Crippen molar-refractivity contribution in [2.24, 2.45) is 0 Å². The highest BCUT2D eigenvalue weighted by molar-refractivity contribution is 6.32. The van der Waals surface area contributed by atoms with Gasteiger partial charge in [-0.25, -0.2) is 0 Å². The standard InChI is InChI=1S/C12H19ClN2O/c1-14-6-7-15(2)9-10-4-5-12(16-3)11(13)8-10/h4-5,8,14H,6-7,9H2,1-3H3. The Hall–Kier alpha value is -0.770. The van der Waals surface area contributed by atoms with E-state index in [0.717, 1.165) is 25.4 Å². The van der Waals surface area contributed by atoms with Crippen molar-refractivity contribution >= 4 is 11.6 Å². The number of hydrogen-bond acceptors (Lipinski definition) is 3. The van der Waals surface area contributed by atoms with E-state index in [1.807, 2.05) is 25.2 Å². The summed E-state index contributed by atoms with van der Waals surface area (Å²) in [7, 11) is 5.67. The second-order valence-electron chi connectivity index (χ2n) is 3.81. The summed E-state index contributed by atoms with van der Waals surface area (Å²) in [5.74, 6) is 0.725. The predicted molar refractivity (Wildman–Crippen MR) is 68.3 cm³/mol. The topological polar surface area (TPSA) is 24.5 Å². The maximum atomic E-state index is 6.06. The molecule has 0 radical (unpaired) electrons. The summed E-state index contributed by atoms with van der Waals surface area (Å²) < 4.78 is 5.11. The van der Waals surface area contributed by atoms with Gasteiger partial charge in [0.05, 0.1) is 12.1 Å². The molecule has 16 heavy (non-hydrogen) atoms. The maximum Gasteiger partial charge on any atom is 0.137 e. The third-order valence-corrected chi connectivity index (χ3v) is 2.71. The van der Waals surface area contributed by atoms with Crippen LogP contribution in [0.1, 0.15) is 5.56 Å². The van der Waals surface area contributed by atoms with Crippen LogP contribution in [0.25, 0.3) is 0 Å². The van der Waals surface area contributed by atoms with Crippen molar-refractivity contribution in [3.63, 3.8) is 0 Å². The summed E-state index contributed by atoms with van der Waals surface area (Å²) in [5, 5.41) is 3.79. The van der Waals surface area contributed by atoms with E-state index in [9.17, 15) is 0 Å². The molecule has 3 nitrogen and oxygen atoms in total. The van der Waals surface area contributed by atoms with Gasteiger partial charge in [0, 0.05) is 19.6 Å². The van der Waals surface area contributed by atoms with Gasteiger partial charge >= 0.3 is 0 Å². The average molecular weight is 243 g/mol. The van der Waals surface area contributed by atoms with Crippen LogP contribution in [-0.2, 0) is 6.54 Å². The molecule has 1 rings (SSSR count). The Bertz CT molecular complexity index is 331. The van der Waals surface area contributed by atoms with Gasteiger partial charge in [-0.3, -0.25) is 0 Å². The molecule has 0 aliphatic carbocycles. The smallest absolute Gasteiger partial charge is 0.137 e. The third-order valence-electron chi connectivity index (χ3n) is 2.41. The van der Waals surface area contributed by atoms with Crippen LogP contribution < -0.4 is 10.1 Å². The van der Waals surface area contributed by atoms with Crippen LogP contribution in [0.4, 0.5) is 0 Å². The van der Waals surface area contributed by atoms with E-state index in [4.69, 9.17) is 16.3 Å². The van der Waals surface area contributed by atoms with E-state index in [-0.39, 0.29) is 0 Å². The fourth-order valence-corrected chi connectivity index (χ4v) is 1.78. The molecule has 0 aromatic heterocycles. The molecule has 90 valence electrons. The Morgan fingerprint density at radius 1 is 1.44 bits per heavy atom. The predicted octanol–water partition coefficient (Wildman–Crippen LogP) is 2.00. The Morgan fingerprint density at radius 2 is 2.19 bits per heavy atom. The van der Waals surface area contributed by atoms with Crippen LogP contribution in [0, 0.1) is 0 Å². The first-order valence-corrected chi connectivity index (χ1v) is 5.70. The molecule has 0 amide bonds. The van der Waals surface area contributed by atoms with Crippen molar-refractivity contribution in [1.29, 1.82) is 0 Å². The lowest BCUT2D eigenvalue weighted by Crippen LogP contribution is -2.26. The number of nitrogens with zero attached hydrogens (tertiary/aromatic N) is 1. The van der Waals surface area contributed by atoms with Gasteiger partial charge in [-0.15, -0.1) is 0 Å². The number of nitrogens with one attached hydrogen (secondary N) is 1.